The number of nitrogens with zero attached hydrogens (tertiary/aromatic N) is 2. The highest BCUT2D eigenvalue weighted by molar-refractivity contribution is 5.99. The lowest BCUT2D eigenvalue weighted by atomic mass is 10.1. The monoisotopic (exact) mass is 193 g/mol. The molecule has 5 nitrogen and oxygen atoms in total. The second-order valence-electron chi connectivity index (χ2n) is 2.72. The maximum atomic E-state index is 11.6. The van der Waals surface area contributed by atoms with E-state index in [1.54, 1.807) is 12.1 Å². The standard InChI is InChI=1S/C9H11N3O2/c1-2-7(10-6-13)9(14)8-4-3-5-11-12-8/h3-7H,2H2,1H3,(H,10,13)/t7-/m0/s1. The summed E-state index contributed by atoms with van der Waals surface area (Å²) in [5.74, 6) is -0.215. The zero-order valence-corrected chi connectivity index (χ0v) is 7.80. The van der Waals surface area contributed by atoms with Crippen molar-refractivity contribution in [2.75, 3.05) is 0 Å². The Morgan fingerprint density at radius 3 is 3.00 bits per heavy atom. The molecule has 1 aromatic rings. The number of aromatic nitrogens is 2. The number of nitrogens with one attached hydrogen (secondary N) is 1. The fraction of sp³-hybridized carbons (Fsp3) is 0.333. The van der Waals surface area contributed by atoms with Gasteiger partial charge in [0.15, 0.2) is 0 Å². The summed E-state index contributed by atoms with van der Waals surface area (Å²) in [4.78, 5) is 21.9. The lowest BCUT2D eigenvalue weighted by Gasteiger charge is -2.10. The Morgan fingerprint density at radius 2 is 2.50 bits per heavy atom. The number of hydrogen-bond donors (Lipinski definition) is 1. The van der Waals surface area contributed by atoms with Gasteiger partial charge < -0.3 is 5.32 Å². The van der Waals surface area contributed by atoms with Crippen molar-refractivity contribution in [2.45, 2.75) is 19.4 Å². The zero-order valence-electron chi connectivity index (χ0n) is 7.80. The zero-order chi connectivity index (χ0) is 10.4. The Kier molecular flexibility index (Phi) is 3.72. The summed E-state index contributed by atoms with van der Waals surface area (Å²) >= 11 is 0. The van der Waals surface area contributed by atoms with Gasteiger partial charge in [-0.05, 0) is 18.6 Å². The van der Waals surface area contributed by atoms with E-state index in [4.69, 9.17) is 0 Å². The van der Waals surface area contributed by atoms with Gasteiger partial charge in [0.05, 0.1) is 6.04 Å². The molecule has 1 aromatic heterocycles. The summed E-state index contributed by atoms with van der Waals surface area (Å²) in [7, 11) is 0. The molecule has 0 saturated heterocycles. The molecule has 1 amide bonds. The summed E-state index contributed by atoms with van der Waals surface area (Å²) in [5, 5.41) is 9.70. The fourth-order valence-corrected chi connectivity index (χ4v) is 1.07. The molecule has 0 fully saturated rings. The Bertz CT molecular complexity index is 313. The topological polar surface area (TPSA) is 72.0 Å². The normalized spacial score (nSPS) is 11.8. The van der Waals surface area contributed by atoms with Crippen molar-refractivity contribution in [3.8, 4) is 0 Å². The number of ketones is 1. The lowest BCUT2D eigenvalue weighted by molar-refractivity contribution is -0.110. The summed E-state index contributed by atoms with van der Waals surface area (Å²) in [6.07, 6.45) is 2.54. The van der Waals surface area contributed by atoms with Crippen LogP contribution >= 0.6 is 0 Å². The van der Waals surface area contributed by atoms with E-state index in [1.165, 1.54) is 6.20 Å². The summed E-state index contributed by atoms with van der Waals surface area (Å²) < 4.78 is 0. The van der Waals surface area contributed by atoms with Crippen LogP contribution in [0.3, 0.4) is 0 Å². The molecule has 0 aliphatic carbocycles. The highest BCUT2D eigenvalue weighted by atomic mass is 16.1. The number of hydrogen-bond acceptors (Lipinski definition) is 4. The van der Waals surface area contributed by atoms with E-state index in [0.717, 1.165) is 0 Å². The van der Waals surface area contributed by atoms with Crippen LogP contribution in [0.1, 0.15) is 23.8 Å². The minimum absolute atomic E-state index is 0.215. The highest BCUT2D eigenvalue weighted by Gasteiger charge is 2.18. The summed E-state index contributed by atoms with van der Waals surface area (Å²) in [6, 6.07) is 2.70. The quantitative estimate of drug-likeness (QED) is 0.535. The highest BCUT2D eigenvalue weighted by Crippen LogP contribution is 2.01. The van der Waals surface area contributed by atoms with Gasteiger partial charge in [0.2, 0.25) is 12.2 Å². The third-order valence-electron chi connectivity index (χ3n) is 1.82. The van der Waals surface area contributed by atoms with Crippen LogP contribution in [0.5, 0.6) is 0 Å². The van der Waals surface area contributed by atoms with Crippen molar-refractivity contribution >= 4 is 12.2 Å². The van der Waals surface area contributed by atoms with E-state index in [9.17, 15) is 9.59 Å². The van der Waals surface area contributed by atoms with Crippen LogP contribution in [-0.2, 0) is 4.79 Å². The van der Waals surface area contributed by atoms with Crippen molar-refractivity contribution in [1.82, 2.24) is 15.5 Å². The average Bonchev–Trinajstić information content (AvgIpc) is 2.26. The predicted molar refractivity (Wildman–Crippen MR) is 49.6 cm³/mol. The van der Waals surface area contributed by atoms with Gasteiger partial charge in [-0.25, -0.2) is 0 Å². The third-order valence-corrected chi connectivity index (χ3v) is 1.82. The molecule has 0 unspecified atom stereocenters. The molecule has 0 aliphatic rings. The molecule has 14 heavy (non-hydrogen) atoms. The van der Waals surface area contributed by atoms with Crippen LogP contribution in [0.15, 0.2) is 18.3 Å². The van der Waals surface area contributed by atoms with Crippen LogP contribution in [0.25, 0.3) is 0 Å². The van der Waals surface area contributed by atoms with Gasteiger partial charge in [0.25, 0.3) is 0 Å². The van der Waals surface area contributed by atoms with Crippen LogP contribution in [0, 0.1) is 0 Å². The van der Waals surface area contributed by atoms with Crippen molar-refractivity contribution in [3.63, 3.8) is 0 Å². The Morgan fingerprint density at radius 1 is 1.71 bits per heavy atom. The number of amides is 1. The number of carbonyl (C=O) groups excluding carboxylic acids is 2. The minimum Gasteiger partial charge on any atom is -0.348 e. The first-order chi connectivity index (χ1) is 6.79. The molecule has 0 aromatic carbocycles. The van der Waals surface area contributed by atoms with Crippen molar-refractivity contribution in [1.29, 1.82) is 0 Å². The number of rotatable bonds is 5. The Balaban J connectivity index is 2.78. The molecule has 1 heterocycles. The molecule has 0 radical (unpaired) electrons. The first kappa shape index (κ1) is 10.3. The predicted octanol–water partition coefficient (Wildman–Crippen LogP) is 0.184. The van der Waals surface area contributed by atoms with E-state index in [2.05, 4.69) is 15.5 Å². The van der Waals surface area contributed by atoms with Crippen molar-refractivity contribution in [3.05, 3.63) is 24.0 Å². The van der Waals surface area contributed by atoms with Gasteiger partial charge in [0.1, 0.15) is 5.69 Å². The van der Waals surface area contributed by atoms with Gasteiger partial charge >= 0.3 is 0 Å². The molecular weight excluding hydrogens is 182 g/mol. The van der Waals surface area contributed by atoms with Gasteiger partial charge in [0, 0.05) is 6.20 Å². The molecule has 1 rings (SSSR count). The Labute approximate surface area is 81.5 Å². The largest absolute Gasteiger partial charge is 0.348 e. The van der Waals surface area contributed by atoms with Crippen LogP contribution in [0.4, 0.5) is 0 Å². The molecular formula is C9H11N3O2. The van der Waals surface area contributed by atoms with E-state index in [0.29, 0.717) is 12.8 Å². The summed E-state index contributed by atoms with van der Waals surface area (Å²) in [6.45, 7) is 1.81. The molecule has 0 spiro atoms. The summed E-state index contributed by atoms with van der Waals surface area (Å²) in [5.41, 5.74) is 0.272. The van der Waals surface area contributed by atoms with Crippen LogP contribution in [0.2, 0.25) is 0 Å². The van der Waals surface area contributed by atoms with Crippen molar-refractivity contribution in [2.24, 2.45) is 0 Å². The molecule has 0 saturated carbocycles. The molecule has 5 heteroatoms. The lowest BCUT2D eigenvalue weighted by Crippen LogP contribution is -2.35. The molecule has 0 aliphatic heterocycles. The molecule has 1 atom stereocenters. The first-order valence-corrected chi connectivity index (χ1v) is 4.31. The van der Waals surface area contributed by atoms with Crippen LogP contribution < -0.4 is 5.32 Å². The molecule has 1 N–H and O–H groups in total. The molecule has 0 bridgehead atoms. The SMILES string of the molecule is CC[C@H](NC=O)C(=O)c1cccnn1. The molecule has 74 valence electrons. The first-order valence-electron chi connectivity index (χ1n) is 4.31. The van der Waals surface area contributed by atoms with E-state index in [1.807, 2.05) is 6.92 Å². The second kappa shape index (κ2) is 5.06. The second-order valence-corrected chi connectivity index (χ2v) is 2.72. The number of Topliss-reactive ketones (excluding diaryl/α,β-unsaturated/α-hetero) is 1. The van der Waals surface area contributed by atoms with Gasteiger partial charge in [-0.1, -0.05) is 6.92 Å². The average molecular weight is 193 g/mol. The smallest absolute Gasteiger partial charge is 0.207 e. The number of carbonyl (C=O) groups is 2. The van der Waals surface area contributed by atoms with E-state index < -0.39 is 6.04 Å². The van der Waals surface area contributed by atoms with Gasteiger partial charge in [-0.2, -0.15) is 5.10 Å². The van der Waals surface area contributed by atoms with Gasteiger partial charge in [-0.3, -0.25) is 9.59 Å². The van der Waals surface area contributed by atoms with E-state index >= 15 is 0 Å². The van der Waals surface area contributed by atoms with E-state index in [-0.39, 0.29) is 11.5 Å². The van der Waals surface area contributed by atoms with Crippen molar-refractivity contribution < 1.29 is 9.59 Å². The Hall–Kier alpha value is -1.78. The van der Waals surface area contributed by atoms with Gasteiger partial charge in [-0.15, -0.1) is 5.10 Å². The minimum atomic E-state index is -0.510. The fourth-order valence-electron chi connectivity index (χ4n) is 1.07. The third kappa shape index (κ3) is 2.35. The maximum Gasteiger partial charge on any atom is 0.207 e. The van der Waals surface area contributed by atoms with Crippen LogP contribution in [-0.4, -0.2) is 28.4 Å². The maximum absolute atomic E-state index is 11.6.